The Kier molecular flexibility index (Phi) is 4.76. The number of rotatable bonds is 5. The molecule has 6 heteroatoms. The monoisotopic (exact) mass is 237 g/mol. The lowest BCUT2D eigenvalue weighted by Crippen LogP contribution is -2.30. The SMILES string of the molecule is COc1cc(F)ccc1NCC(=O)NCC#N. The smallest absolute Gasteiger partial charge is 0.240 e. The Morgan fingerprint density at radius 2 is 2.35 bits per heavy atom. The van der Waals surface area contributed by atoms with E-state index in [0.717, 1.165) is 0 Å². The number of nitrogens with zero attached hydrogens (tertiary/aromatic N) is 1. The highest BCUT2D eigenvalue weighted by Crippen LogP contribution is 2.24. The number of carbonyl (C=O) groups excluding carboxylic acids is 1. The van der Waals surface area contributed by atoms with Crippen molar-refractivity contribution in [1.29, 1.82) is 5.26 Å². The molecule has 1 aromatic carbocycles. The van der Waals surface area contributed by atoms with Gasteiger partial charge in [-0.2, -0.15) is 5.26 Å². The van der Waals surface area contributed by atoms with Gasteiger partial charge in [-0.3, -0.25) is 4.79 Å². The van der Waals surface area contributed by atoms with Crippen LogP contribution in [0.15, 0.2) is 18.2 Å². The second kappa shape index (κ2) is 6.33. The molecule has 0 radical (unpaired) electrons. The van der Waals surface area contributed by atoms with Crippen molar-refractivity contribution in [2.24, 2.45) is 0 Å². The second-order valence-electron chi connectivity index (χ2n) is 3.13. The first-order chi connectivity index (χ1) is 8.17. The molecule has 1 amide bonds. The number of halogens is 1. The summed E-state index contributed by atoms with van der Waals surface area (Å²) in [4.78, 5) is 11.2. The van der Waals surface area contributed by atoms with Crippen LogP contribution in [0.4, 0.5) is 10.1 Å². The average molecular weight is 237 g/mol. The molecule has 0 atom stereocenters. The normalized spacial score (nSPS) is 9.24. The summed E-state index contributed by atoms with van der Waals surface area (Å²) in [6.07, 6.45) is 0. The number of carbonyl (C=O) groups is 1. The zero-order chi connectivity index (χ0) is 12.7. The Bertz CT molecular complexity index is 443. The molecule has 0 aliphatic heterocycles. The van der Waals surface area contributed by atoms with Gasteiger partial charge in [0.1, 0.15) is 18.1 Å². The summed E-state index contributed by atoms with van der Waals surface area (Å²) in [5, 5.41) is 13.4. The quantitative estimate of drug-likeness (QED) is 0.746. The summed E-state index contributed by atoms with van der Waals surface area (Å²) in [5.74, 6) is -0.419. The molecule has 0 saturated heterocycles. The fourth-order valence-electron chi connectivity index (χ4n) is 1.19. The van der Waals surface area contributed by atoms with Crippen molar-refractivity contribution in [2.75, 3.05) is 25.5 Å². The van der Waals surface area contributed by atoms with Crippen molar-refractivity contribution in [2.45, 2.75) is 0 Å². The third-order valence-electron chi connectivity index (χ3n) is 1.97. The largest absolute Gasteiger partial charge is 0.494 e. The fraction of sp³-hybridized carbons (Fsp3) is 0.273. The molecule has 0 saturated carbocycles. The lowest BCUT2D eigenvalue weighted by Gasteiger charge is -2.10. The van der Waals surface area contributed by atoms with Gasteiger partial charge in [-0.15, -0.1) is 0 Å². The highest BCUT2D eigenvalue weighted by Gasteiger charge is 2.06. The Hall–Kier alpha value is -2.29. The van der Waals surface area contributed by atoms with Gasteiger partial charge in [0.25, 0.3) is 0 Å². The standard InChI is InChI=1S/C11H12FN3O2/c1-17-10-6-8(12)2-3-9(10)15-7-11(16)14-5-4-13/h2-3,6,15H,5,7H2,1H3,(H,14,16). The number of nitriles is 1. The number of benzene rings is 1. The van der Waals surface area contributed by atoms with E-state index in [2.05, 4.69) is 10.6 Å². The van der Waals surface area contributed by atoms with Crippen LogP contribution < -0.4 is 15.4 Å². The van der Waals surface area contributed by atoms with E-state index in [0.29, 0.717) is 11.4 Å². The predicted molar refractivity (Wildman–Crippen MR) is 60.1 cm³/mol. The van der Waals surface area contributed by atoms with E-state index in [-0.39, 0.29) is 19.0 Å². The summed E-state index contributed by atoms with van der Waals surface area (Å²) < 4.78 is 17.8. The van der Waals surface area contributed by atoms with E-state index in [1.54, 1.807) is 6.07 Å². The molecular weight excluding hydrogens is 225 g/mol. The average Bonchev–Trinajstić information content (AvgIpc) is 2.34. The van der Waals surface area contributed by atoms with E-state index in [9.17, 15) is 9.18 Å². The maximum absolute atomic E-state index is 12.9. The van der Waals surface area contributed by atoms with Crippen molar-refractivity contribution in [3.05, 3.63) is 24.0 Å². The number of amides is 1. The van der Waals surface area contributed by atoms with Crippen LogP contribution in [-0.4, -0.2) is 26.1 Å². The van der Waals surface area contributed by atoms with Gasteiger partial charge < -0.3 is 15.4 Å². The maximum atomic E-state index is 12.9. The molecule has 0 fully saturated rings. The van der Waals surface area contributed by atoms with Crippen LogP contribution in [0.5, 0.6) is 5.75 Å². The molecule has 0 aromatic heterocycles. The van der Waals surface area contributed by atoms with Crippen LogP contribution in [0.25, 0.3) is 0 Å². The van der Waals surface area contributed by atoms with Crippen LogP contribution in [0, 0.1) is 17.1 Å². The first-order valence-corrected chi connectivity index (χ1v) is 4.88. The number of anilines is 1. The second-order valence-corrected chi connectivity index (χ2v) is 3.13. The van der Waals surface area contributed by atoms with Gasteiger partial charge >= 0.3 is 0 Å². The Labute approximate surface area is 98.2 Å². The Morgan fingerprint density at radius 3 is 3.00 bits per heavy atom. The fourth-order valence-corrected chi connectivity index (χ4v) is 1.19. The van der Waals surface area contributed by atoms with Gasteiger partial charge in [0.05, 0.1) is 25.4 Å². The third kappa shape index (κ3) is 3.99. The topological polar surface area (TPSA) is 74.2 Å². The molecule has 0 aliphatic rings. The zero-order valence-electron chi connectivity index (χ0n) is 9.29. The molecular formula is C11H12FN3O2. The van der Waals surface area contributed by atoms with E-state index < -0.39 is 5.82 Å². The van der Waals surface area contributed by atoms with Gasteiger partial charge in [-0.25, -0.2) is 4.39 Å². The van der Waals surface area contributed by atoms with E-state index in [1.807, 2.05) is 0 Å². The first-order valence-electron chi connectivity index (χ1n) is 4.88. The van der Waals surface area contributed by atoms with Crippen LogP contribution >= 0.6 is 0 Å². The number of hydrogen-bond donors (Lipinski definition) is 2. The molecule has 0 heterocycles. The molecule has 90 valence electrons. The summed E-state index contributed by atoms with van der Waals surface area (Å²) >= 11 is 0. The van der Waals surface area contributed by atoms with Crippen molar-refractivity contribution < 1.29 is 13.9 Å². The van der Waals surface area contributed by atoms with Gasteiger partial charge in [-0.05, 0) is 12.1 Å². The van der Waals surface area contributed by atoms with Crippen molar-refractivity contribution >= 4 is 11.6 Å². The van der Waals surface area contributed by atoms with Crippen LogP contribution in [0.1, 0.15) is 0 Å². The summed E-state index contributed by atoms with van der Waals surface area (Å²) in [5.41, 5.74) is 0.515. The van der Waals surface area contributed by atoms with Crippen LogP contribution in [0.2, 0.25) is 0 Å². The van der Waals surface area contributed by atoms with Gasteiger partial charge in [0.2, 0.25) is 5.91 Å². The molecule has 1 rings (SSSR count). The number of nitrogens with one attached hydrogen (secondary N) is 2. The molecule has 0 unspecified atom stereocenters. The highest BCUT2D eigenvalue weighted by atomic mass is 19.1. The van der Waals surface area contributed by atoms with Crippen molar-refractivity contribution in [3.63, 3.8) is 0 Å². The van der Waals surface area contributed by atoms with Gasteiger partial charge in [-0.1, -0.05) is 0 Å². The van der Waals surface area contributed by atoms with E-state index >= 15 is 0 Å². The maximum Gasteiger partial charge on any atom is 0.240 e. The molecule has 0 bridgehead atoms. The van der Waals surface area contributed by atoms with Gasteiger partial charge in [0.15, 0.2) is 0 Å². The molecule has 2 N–H and O–H groups in total. The van der Waals surface area contributed by atoms with Gasteiger partial charge in [0, 0.05) is 6.07 Å². The summed E-state index contributed by atoms with van der Waals surface area (Å²) in [6.45, 7) is -0.0509. The molecule has 0 spiro atoms. The summed E-state index contributed by atoms with van der Waals surface area (Å²) in [6, 6.07) is 5.75. The number of ether oxygens (including phenoxy) is 1. The number of methoxy groups -OCH3 is 1. The lowest BCUT2D eigenvalue weighted by molar-refractivity contribution is -0.119. The minimum absolute atomic E-state index is 0.0102. The van der Waals surface area contributed by atoms with Crippen LogP contribution in [-0.2, 0) is 4.79 Å². The minimum Gasteiger partial charge on any atom is -0.494 e. The Balaban J connectivity index is 2.57. The summed E-state index contributed by atoms with van der Waals surface area (Å²) in [7, 11) is 1.41. The van der Waals surface area contributed by atoms with Crippen molar-refractivity contribution in [3.8, 4) is 11.8 Å². The predicted octanol–water partition coefficient (Wildman–Crippen LogP) is 0.886. The highest BCUT2D eigenvalue weighted by molar-refractivity contribution is 5.81. The molecule has 5 nitrogen and oxygen atoms in total. The van der Waals surface area contributed by atoms with E-state index in [1.165, 1.54) is 25.3 Å². The van der Waals surface area contributed by atoms with E-state index in [4.69, 9.17) is 10.00 Å². The number of hydrogen-bond acceptors (Lipinski definition) is 4. The molecule has 17 heavy (non-hydrogen) atoms. The lowest BCUT2D eigenvalue weighted by atomic mass is 10.3. The third-order valence-corrected chi connectivity index (χ3v) is 1.97. The van der Waals surface area contributed by atoms with Crippen molar-refractivity contribution in [1.82, 2.24) is 5.32 Å². The molecule has 1 aromatic rings. The Morgan fingerprint density at radius 1 is 1.59 bits per heavy atom. The first kappa shape index (κ1) is 12.8. The molecule has 0 aliphatic carbocycles. The minimum atomic E-state index is -0.415. The zero-order valence-corrected chi connectivity index (χ0v) is 9.29. The van der Waals surface area contributed by atoms with Crippen LogP contribution in [0.3, 0.4) is 0 Å².